The smallest absolute Gasteiger partial charge is 0.267 e. The molecule has 0 aliphatic carbocycles. The number of aliphatic hydroxyl groups is 1. The second-order valence-electron chi connectivity index (χ2n) is 6.28. The Morgan fingerprint density at radius 2 is 2.15 bits per heavy atom. The summed E-state index contributed by atoms with van der Waals surface area (Å²) in [5.74, 6) is 4.98. The van der Waals surface area contributed by atoms with Gasteiger partial charge in [-0.2, -0.15) is 0 Å². The van der Waals surface area contributed by atoms with E-state index < -0.39 is 17.4 Å². The molecule has 2 amide bonds. The van der Waals surface area contributed by atoms with Gasteiger partial charge in [0, 0.05) is 31.1 Å². The first-order valence-electron chi connectivity index (χ1n) is 8.30. The third kappa shape index (κ3) is 3.61. The minimum absolute atomic E-state index is 0.121. The van der Waals surface area contributed by atoms with Gasteiger partial charge in [0.15, 0.2) is 0 Å². The highest BCUT2D eigenvalue weighted by atomic mass is 16.5. The lowest BCUT2D eigenvalue weighted by molar-refractivity contribution is -0.137. The number of aromatic nitrogens is 1. The molecule has 1 aliphatic rings. The van der Waals surface area contributed by atoms with Crippen molar-refractivity contribution < 1.29 is 19.4 Å². The Balaban J connectivity index is 1.98. The van der Waals surface area contributed by atoms with Crippen LogP contribution in [0.15, 0.2) is 36.4 Å². The molecule has 1 aromatic carbocycles. The van der Waals surface area contributed by atoms with Crippen LogP contribution in [0.2, 0.25) is 0 Å². The van der Waals surface area contributed by atoms with Gasteiger partial charge in [-0.25, -0.2) is 4.98 Å². The molecule has 0 unspecified atom stereocenters. The number of nitrogens with zero attached hydrogens (tertiary/aromatic N) is 2. The number of likely N-dealkylation sites (N-methyl/N-ethyl adjacent to an activating group) is 1. The van der Waals surface area contributed by atoms with Gasteiger partial charge < -0.3 is 20.5 Å². The number of ether oxygens (including phenoxy) is 1. The summed E-state index contributed by atoms with van der Waals surface area (Å²) in [4.78, 5) is 29.2. The molecule has 1 fully saturated rings. The zero-order chi connectivity index (χ0) is 19.6. The van der Waals surface area contributed by atoms with Crippen molar-refractivity contribution in [3.63, 3.8) is 0 Å². The minimum Gasteiger partial charge on any atom is -0.494 e. The maximum absolute atomic E-state index is 12.0. The Hall–Kier alpha value is -3.37. The Bertz CT molecular complexity index is 977. The van der Waals surface area contributed by atoms with Gasteiger partial charge in [-0.3, -0.25) is 9.59 Å². The molecule has 0 radical (unpaired) electrons. The van der Waals surface area contributed by atoms with Gasteiger partial charge in [-0.15, -0.1) is 0 Å². The molecule has 7 heteroatoms. The zero-order valence-corrected chi connectivity index (χ0v) is 15.0. The van der Waals surface area contributed by atoms with E-state index in [0.717, 1.165) is 0 Å². The van der Waals surface area contributed by atoms with Crippen LogP contribution in [0.3, 0.4) is 0 Å². The van der Waals surface area contributed by atoms with E-state index in [1.165, 1.54) is 18.1 Å². The molecule has 0 bridgehead atoms. The average Bonchev–Trinajstić information content (AvgIpc) is 2.94. The fourth-order valence-electron chi connectivity index (χ4n) is 2.84. The number of primary amides is 1. The second kappa shape index (κ2) is 7.09. The predicted octanol–water partition coefficient (Wildman–Crippen LogP) is 0.801. The third-order valence-electron chi connectivity index (χ3n) is 4.39. The van der Waals surface area contributed by atoms with E-state index >= 15 is 0 Å². The number of likely N-dealkylation sites (tertiary alicyclic amines) is 1. The van der Waals surface area contributed by atoms with Crippen LogP contribution in [0.4, 0.5) is 0 Å². The number of hydrogen-bond acceptors (Lipinski definition) is 5. The van der Waals surface area contributed by atoms with Crippen LogP contribution in [-0.2, 0) is 4.79 Å². The van der Waals surface area contributed by atoms with Crippen molar-refractivity contribution in [3.8, 4) is 28.8 Å². The summed E-state index contributed by atoms with van der Waals surface area (Å²) in [6.45, 7) is 0.463. The molecule has 2 aromatic rings. The predicted molar refractivity (Wildman–Crippen MR) is 98.8 cm³/mol. The second-order valence-corrected chi connectivity index (χ2v) is 6.28. The molecule has 1 aromatic heterocycles. The van der Waals surface area contributed by atoms with Crippen LogP contribution in [0.1, 0.15) is 22.5 Å². The van der Waals surface area contributed by atoms with E-state index in [9.17, 15) is 14.7 Å². The standard InChI is InChI=1S/C20H19N3O4/c1-23-11-10-20(26,19(23)25)9-8-13-4-3-5-14(12-13)17-16(27-2)7-6-15(22-17)18(21)24/h3-7,12,26H,10-11H2,1-2H3,(H2,21,24)/t20-/m0/s1. The summed E-state index contributed by atoms with van der Waals surface area (Å²) in [6, 6.07) is 10.2. The molecule has 1 atom stereocenters. The van der Waals surface area contributed by atoms with Crippen molar-refractivity contribution in [1.29, 1.82) is 0 Å². The summed E-state index contributed by atoms with van der Waals surface area (Å²) in [7, 11) is 3.14. The number of methoxy groups -OCH3 is 1. The highest BCUT2D eigenvalue weighted by molar-refractivity contribution is 5.92. The van der Waals surface area contributed by atoms with Crippen molar-refractivity contribution in [3.05, 3.63) is 47.7 Å². The Labute approximate surface area is 156 Å². The monoisotopic (exact) mass is 365 g/mol. The van der Waals surface area contributed by atoms with Gasteiger partial charge in [-0.05, 0) is 24.3 Å². The summed E-state index contributed by atoms with van der Waals surface area (Å²) >= 11 is 0. The molecule has 2 heterocycles. The van der Waals surface area contributed by atoms with E-state index in [1.54, 1.807) is 37.4 Å². The minimum atomic E-state index is -1.66. The van der Waals surface area contributed by atoms with Crippen LogP contribution < -0.4 is 10.5 Å². The number of hydrogen-bond donors (Lipinski definition) is 2. The largest absolute Gasteiger partial charge is 0.494 e. The van der Waals surface area contributed by atoms with Crippen LogP contribution >= 0.6 is 0 Å². The molecule has 27 heavy (non-hydrogen) atoms. The number of rotatable bonds is 3. The fraction of sp³-hybridized carbons (Fsp3) is 0.250. The summed E-state index contributed by atoms with van der Waals surface area (Å²) in [5, 5.41) is 10.4. The molecule has 0 spiro atoms. The fourth-order valence-corrected chi connectivity index (χ4v) is 2.84. The maximum atomic E-state index is 12.0. The van der Waals surface area contributed by atoms with Gasteiger partial charge in [0.05, 0.1) is 7.11 Å². The molecule has 1 saturated heterocycles. The van der Waals surface area contributed by atoms with E-state index in [1.807, 2.05) is 0 Å². The summed E-state index contributed by atoms with van der Waals surface area (Å²) < 4.78 is 5.32. The topological polar surface area (TPSA) is 106 Å². The highest BCUT2D eigenvalue weighted by Gasteiger charge is 2.42. The molecule has 7 nitrogen and oxygen atoms in total. The Morgan fingerprint density at radius 3 is 2.78 bits per heavy atom. The molecular formula is C20H19N3O4. The first kappa shape index (κ1) is 18.4. The highest BCUT2D eigenvalue weighted by Crippen LogP contribution is 2.29. The van der Waals surface area contributed by atoms with Crippen LogP contribution in [-0.4, -0.2) is 53.1 Å². The lowest BCUT2D eigenvalue weighted by Gasteiger charge is -2.13. The van der Waals surface area contributed by atoms with E-state index in [4.69, 9.17) is 10.5 Å². The van der Waals surface area contributed by atoms with E-state index in [2.05, 4.69) is 16.8 Å². The van der Waals surface area contributed by atoms with E-state index in [-0.39, 0.29) is 12.1 Å². The summed E-state index contributed by atoms with van der Waals surface area (Å²) in [5.41, 5.74) is 5.49. The molecular weight excluding hydrogens is 346 g/mol. The first-order valence-corrected chi connectivity index (χ1v) is 8.30. The van der Waals surface area contributed by atoms with Crippen LogP contribution in [0, 0.1) is 11.8 Å². The molecule has 138 valence electrons. The maximum Gasteiger partial charge on any atom is 0.267 e. The van der Waals surface area contributed by atoms with Crippen molar-refractivity contribution in [2.45, 2.75) is 12.0 Å². The van der Waals surface area contributed by atoms with Gasteiger partial charge in [0.1, 0.15) is 17.1 Å². The first-order chi connectivity index (χ1) is 12.8. The van der Waals surface area contributed by atoms with Gasteiger partial charge >= 0.3 is 0 Å². The zero-order valence-electron chi connectivity index (χ0n) is 15.0. The van der Waals surface area contributed by atoms with E-state index in [0.29, 0.717) is 29.1 Å². The number of carbonyl (C=O) groups excluding carboxylic acids is 2. The molecule has 3 N–H and O–H groups in total. The van der Waals surface area contributed by atoms with Crippen LogP contribution in [0.5, 0.6) is 5.75 Å². The molecule has 3 rings (SSSR count). The lowest BCUT2D eigenvalue weighted by Crippen LogP contribution is -2.37. The number of carbonyl (C=O) groups is 2. The number of nitrogens with two attached hydrogens (primary N) is 1. The number of pyridine rings is 1. The Kier molecular flexibility index (Phi) is 4.84. The van der Waals surface area contributed by atoms with Crippen LogP contribution in [0.25, 0.3) is 11.3 Å². The van der Waals surface area contributed by atoms with Crippen molar-refractivity contribution in [1.82, 2.24) is 9.88 Å². The van der Waals surface area contributed by atoms with Crippen molar-refractivity contribution in [2.75, 3.05) is 20.7 Å². The lowest BCUT2D eigenvalue weighted by atomic mass is 10.0. The SMILES string of the molecule is COc1ccc(C(N)=O)nc1-c1cccc(C#C[C@]2(O)CCN(C)C2=O)c1. The van der Waals surface area contributed by atoms with Crippen molar-refractivity contribution in [2.24, 2.45) is 5.73 Å². The van der Waals surface area contributed by atoms with Gasteiger partial charge in [-0.1, -0.05) is 24.0 Å². The summed E-state index contributed by atoms with van der Waals surface area (Å²) in [6.07, 6.45) is 0.269. The van der Waals surface area contributed by atoms with Crippen molar-refractivity contribution >= 4 is 11.8 Å². The Morgan fingerprint density at radius 1 is 1.37 bits per heavy atom. The molecule has 0 saturated carbocycles. The van der Waals surface area contributed by atoms with Gasteiger partial charge in [0.2, 0.25) is 5.60 Å². The molecule has 1 aliphatic heterocycles. The number of amides is 2. The van der Waals surface area contributed by atoms with Gasteiger partial charge in [0.25, 0.3) is 11.8 Å². The average molecular weight is 365 g/mol. The number of benzene rings is 1. The third-order valence-corrected chi connectivity index (χ3v) is 4.39. The normalized spacial score (nSPS) is 18.8. The quantitative estimate of drug-likeness (QED) is 0.783.